The average Bonchev–Trinajstić information content (AvgIpc) is 3.19. The molecule has 0 bridgehead atoms. The zero-order valence-corrected chi connectivity index (χ0v) is 33.2. The van der Waals surface area contributed by atoms with Crippen molar-refractivity contribution in [3.63, 3.8) is 0 Å². The van der Waals surface area contributed by atoms with Gasteiger partial charge in [-0.2, -0.15) is 0 Å². The Kier molecular flexibility index (Phi) is 15.4. The zero-order valence-electron chi connectivity index (χ0n) is 30.9. The number of benzene rings is 4. The Hall–Kier alpha value is -3.06. The SMILES string of the molecule is C[C@@H]1CO[C@@H](OC(=N)C(Cl)(Cl)Cl)C(OCc2ccccc2)[C@H]1O[C@@H]1OC(COCc2ccccc2)[C@H](OCc2ccccc2)[C@H](C)C1OCc1ccccc1. The highest BCUT2D eigenvalue weighted by Gasteiger charge is 2.50. The largest absolute Gasteiger partial charge is 0.445 e. The zero-order chi connectivity index (χ0) is 38.6. The van der Waals surface area contributed by atoms with E-state index >= 15 is 0 Å². The third-order valence-electron chi connectivity index (χ3n) is 9.69. The van der Waals surface area contributed by atoms with E-state index in [-0.39, 0.29) is 31.7 Å². The minimum atomic E-state index is -2.10. The summed E-state index contributed by atoms with van der Waals surface area (Å²) in [4.78, 5) is 0. The number of halogens is 3. The van der Waals surface area contributed by atoms with Crippen molar-refractivity contribution in [2.75, 3.05) is 13.2 Å². The fraction of sp³-hybridized carbons (Fsp3) is 0.419. The van der Waals surface area contributed by atoms with E-state index in [2.05, 4.69) is 6.92 Å². The standard InChI is InChI=1S/C43H48Cl3NO8/c1-29-23-52-40(55-42(47)43(44,45)46)39(51-27-34-21-13-6-14-22-34)36(29)54-41-38(50-26-33-19-11-5-12-20-33)30(2)37(49-25-32-17-9-4-10-18-32)35(53-41)28-48-24-31-15-7-3-8-16-31/h3-22,29-30,35-41,47H,23-28H2,1-2H3/t29-,30+,35?,36+,37-,38?,39?,40+,41+/m1/s1. The maximum Gasteiger partial charge on any atom is 0.265 e. The van der Waals surface area contributed by atoms with Crippen LogP contribution in [0.25, 0.3) is 0 Å². The van der Waals surface area contributed by atoms with Gasteiger partial charge in [0.1, 0.15) is 18.3 Å². The van der Waals surface area contributed by atoms with E-state index in [0.29, 0.717) is 19.8 Å². The van der Waals surface area contributed by atoms with Crippen molar-refractivity contribution in [2.24, 2.45) is 11.8 Å². The van der Waals surface area contributed by atoms with Crippen LogP contribution in [0.5, 0.6) is 0 Å². The van der Waals surface area contributed by atoms with Crippen LogP contribution in [0.1, 0.15) is 36.1 Å². The fourth-order valence-electron chi connectivity index (χ4n) is 6.74. The summed E-state index contributed by atoms with van der Waals surface area (Å²) >= 11 is 18.1. The second kappa shape index (κ2) is 20.4. The first-order valence-electron chi connectivity index (χ1n) is 18.5. The number of nitrogens with one attached hydrogen (secondary N) is 1. The minimum absolute atomic E-state index is 0.198. The van der Waals surface area contributed by atoms with E-state index in [1.165, 1.54) is 0 Å². The van der Waals surface area contributed by atoms with Gasteiger partial charge in [-0.15, -0.1) is 0 Å². The molecular formula is C43H48Cl3NO8. The summed E-state index contributed by atoms with van der Waals surface area (Å²) in [5.41, 5.74) is 4.02. The molecule has 2 saturated heterocycles. The van der Waals surface area contributed by atoms with Gasteiger partial charge in [0, 0.05) is 11.8 Å². The van der Waals surface area contributed by atoms with Crippen LogP contribution in [0.15, 0.2) is 121 Å². The molecule has 3 unspecified atom stereocenters. The van der Waals surface area contributed by atoms with Crippen LogP contribution < -0.4 is 0 Å². The van der Waals surface area contributed by atoms with Crippen molar-refractivity contribution < 1.29 is 37.9 Å². The van der Waals surface area contributed by atoms with Crippen LogP contribution in [-0.4, -0.2) is 66.0 Å². The van der Waals surface area contributed by atoms with Gasteiger partial charge in [-0.25, -0.2) is 0 Å². The Labute approximate surface area is 338 Å². The smallest absolute Gasteiger partial charge is 0.265 e. The van der Waals surface area contributed by atoms with Crippen molar-refractivity contribution >= 4 is 40.7 Å². The molecule has 4 aromatic carbocycles. The lowest BCUT2D eigenvalue weighted by Crippen LogP contribution is -2.61. The highest BCUT2D eigenvalue weighted by Crippen LogP contribution is 2.37. The Balaban J connectivity index is 1.29. The number of ether oxygens (including phenoxy) is 8. The molecule has 9 nitrogen and oxygen atoms in total. The van der Waals surface area contributed by atoms with E-state index in [4.69, 9.17) is 78.1 Å². The summed E-state index contributed by atoms with van der Waals surface area (Å²) in [5.74, 6) is -0.999. The Morgan fingerprint density at radius 1 is 0.618 bits per heavy atom. The van der Waals surface area contributed by atoms with Gasteiger partial charge < -0.3 is 37.9 Å². The van der Waals surface area contributed by atoms with Crippen molar-refractivity contribution in [3.05, 3.63) is 144 Å². The van der Waals surface area contributed by atoms with Crippen LogP contribution >= 0.6 is 34.8 Å². The van der Waals surface area contributed by atoms with Crippen LogP contribution in [-0.2, 0) is 64.3 Å². The lowest BCUT2D eigenvalue weighted by Gasteiger charge is -2.48. The summed E-state index contributed by atoms with van der Waals surface area (Å²) in [6.45, 7) is 5.88. The van der Waals surface area contributed by atoms with Crippen molar-refractivity contribution in [3.8, 4) is 0 Å². The molecule has 2 heterocycles. The molecule has 9 atom stereocenters. The fourth-order valence-corrected chi connectivity index (χ4v) is 6.87. The lowest BCUT2D eigenvalue weighted by atomic mass is 9.89. The van der Waals surface area contributed by atoms with Crippen molar-refractivity contribution in [2.45, 2.75) is 87.2 Å². The molecule has 2 aliphatic rings. The van der Waals surface area contributed by atoms with Gasteiger partial charge in [0.05, 0.1) is 51.8 Å². The molecule has 6 rings (SSSR count). The lowest BCUT2D eigenvalue weighted by molar-refractivity contribution is -0.347. The van der Waals surface area contributed by atoms with Gasteiger partial charge in [0.25, 0.3) is 3.79 Å². The molecule has 294 valence electrons. The van der Waals surface area contributed by atoms with E-state index < -0.39 is 52.8 Å². The third-order valence-corrected chi connectivity index (χ3v) is 10.2. The number of rotatable bonds is 16. The molecule has 55 heavy (non-hydrogen) atoms. The Morgan fingerprint density at radius 3 is 1.56 bits per heavy atom. The number of hydrogen-bond acceptors (Lipinski definition) is 9. The second-order valence-electron chi connectivity index (χ2n) is 13.9. The molecule has 1 N–H and O–H groups in total. The average molecular weight is 813 g/mol. The normalized spacial score (nSPS) is 27.0. The van der Waals surface area contributed by atoms with Crippen molar-refractivity contribution in [1.29, 1.82) is 5.41 Å². The summed E-state index contributed by atoms with van der Waals surface area (Å²) < 4.78 is 49.9. The summed E-state index contributed by atoms with van der Waals surface area (Å²) in [6.07, 6.45) is -5.02. The molecule has 0 amide bonds. The highest BCUT2D eigenvalue weighted by molar-refractivity contribution is 6.76. The predicted molar refractivity (Wildman–Crippen MR) is 212 cm³/mol. The van der Waals surface area contributed by atoms with Gasteiger partial charge in [-0.1, -0.05) is 170 Å². The molecule has 2 fully saturated rings. The Bertz CT molecular complexity index is 1720. The molecule has 0 aromatic heterocycles. The van der Waals surface area contributed by atoms with Gasteiger partial charge in [-0.05, 0) is 22.3 Å². The van der Waals surface area contributed by atoms with Gasteiger partial charge in [-0.3, -0.25) is 5.41 Å². The third kappa shape index (κ3) is 12.0. The second-order valence-corrected chi connectivity index (χ2v) is 16.2. The quantitative estimate of drug-likeness (QED) is 0.0681. The van der Waals surface area contributed by atoms with E-state index in [0.717, 1.165) is 22.3 Å². The predicted octanol–water partition coefficient (Wildman–Crippen LogP) is 9.06. The van der Waals surface area contributed by atoms with Crippen molar-refractivity contribution in [1.82, 2.24) is 0 Å². The first-order chi connectivity index (χ1) is 26.7. The summed E-state index contributed by atoms with van der Waals surface area (Å²) in [6, 6.07) is 39.7. The number of alkyl halides is 3. The molecule has 4 aromatic rings. The topological polar surface area (TPSA) is 97.7 Å². The summed E-state index contributed by atoms with van der Waals surface area (Å²) in [7, 11) is 0. The molecule has 0 saturated carbocycles. The molecule has 0 spiro atoms. The van der Waals surface area contributed by atoms with Gasteiger partial charge in [0.2, 0.25) is 12.2 Å². The maximum absolute atomic E-state index is 8.34. The molecule has 0 radical (unpaired) electrons. The van der Waals surface area contributed by atoms with Crippen LogP contribution in [0.4, 0.5) is 0 Å². The highest BCUT2D eigenvalue weighted by atomic mass is 35.6. The van der Waals surface area contributed by atoms with Crippen LogP contribution in [0.2, 0.25) is 0 Å². The van der Waals surface area contributed by atoms with Gasteiger partial charge in [0.15, 0.2) is 6.29 Å². The Morgan fingerprint density at radius 2 is 1.07 bits per heavy atom. The molecule has 12 heteroatoms. The first kappa shape index (κ1) is 41.6. The van der Waals surface area contributed by atoms with E-state index in [9.17, 15) is 0 Å². The maximum atomic E-state index is 8.34. The summed E-state index contributed by atoms with van der Waals surface area (Å²) in [5, 5.41) is 8.34. The molecule has 2 aliphatic heterocycles. The first-order valence-corrected chi connectivity index (χ1v) is 19.6. The van der Waals surface area contributed by atoms with Gasteiger partial charge >= 0.3 is 0 Å². The van der Waals surface area contributed by atoms with E-state index in [1.807, 2.05) is 128 Å². The monoisotopic (exact) mass is 811 g/mol. The molecule has 0 aliphatic carbocycles. The number of hydrogen-bond donors (Lipinski definition) is 1. The minimum Gasteiger partial charge on any atom is -0.445 e. The molecular weight excluding hydrogens is 765 g/mol. The van der Waals surface area contributed by atoms with Crippen LogP contribution in [0.3, 0.4) is 0 Å². The van der Waals surface area contributed by atoms with E-state index in [1.54, 1.807) is 0 Å². The van der Waals surface area contributed by atoms with Crippen LogP contribution in [0, 0.1) is 17.2 Å².